The Morgan fingerprint density at radius 1 is 1.21 bits per heavy atom. The molecule has 0 atom stereocenters. The number of hydrogen-bond acceptors (Lipinski definition) is 1. The summed E-state index contributed by atoms with van der Waals surface area (Å²) in [6.07, 6.45) is 8.28. The van der Waals surface area contributed by atoms with Gasteiger partial charge >= 0.3 is 0 Å². The van der Waals surface area contributed by atoms with Crippen LogP contribution < -0.4 is 0 Å². The zero-order chi connectivity index (χ0) is 14.1. The van der Waals surface area contributed by atoms with E-state index in [9.17, 15) is 0 Å². The predicted octanol–water partition coefficient (Wildman–Crippen LogP) is 6.09. The van der Waals surface area contributed by atoms with Crippen molar-refractivity contribution in [2.24, 2.45) is 0 Å². The molecule has 1 aliphatic rings. The molecule has 2 rings (SSSR count). The molecule has 0 spiro atoms. The maximum atomic E-state index is 2.39. The van der Waals surface area contributed by atoms with Gasteiger partial charge < -0.3 is 0 Å². The maximum absolute atomic E-state index is 2.39. The summed E-state index contributed by atoms with van der Waals surface area (Å²) in [5.74, 6) is 1.17. The van der Waals surface area contributed by atoms with Gasteiger partial charge in [0.15, 0.2) is 0 Å². The fraction of sp³-hybridized carbons (Fsp3) is 0.444. The average Bonchev–Trinajstić information content (AvgIpc) is 2.85. The van der Waals surface area contributed by atoms with Crippen molar-refractivity contribution < 1.29 is 0 Å². The van der Waals surface area contributed by atoms with Crippen molar-refractivity contribution in [3.05, 3.63) is 52.4 Å². The summed E-state index contributed by atoms with van der Waals surface area (Å²) in [5, 5.41) is 0. The predicted molar refractivity (Wildman–Crippen MR) is 90.6 cm³/mol. The molecule has 1 heteroatoms. The van der Waals surface area contributed by atoms with Crippen LogP contribution in [0.3, 0.4) is 0 Å². The van der Waals surface area contributed by atoms with Crippen LogP contribution in [0, 0.1) is 0 Å². The van der Waals surface area contributed by atoms with Gasteiger partial charge in [-0.15, -0.1) is 11.8 Å². The highest BCUT2D eigenvalue weighted by molar-refractivity contribution is 8.03. The summed E-state index contributed by atoms with van der Waals surface area (Å²) < 4.78 is 0. The normalized spacial score (nSPS) is 13.5. The van der Waals surface area contributed by atoms with Gasteiger partial charge in [-0.1, -0.05) is 64.5 Å². The van der Waals surface area contributed by atoms with Gasteiger partial charge in [-0.25, -0.2) is 0 Å². The molecule has 0 aliphatic heterocycles. The lowest BCUT2D eigenvalue weighted by molar-refractivity contribution is 0.947. The monoisotopic (exact) mass is 274 g/mol. The summed E-state index contributed by atoms with van der Waals surface area (Å²) in [7, 11) is 0. The molecular weight excluding hydrogens is 248 g/mol. The van der Waals surface area contributed by atoms with Gasteiger partial charge in [-0.2, -0.15) is 0 Å². The minimum absolute atomic E-state index is 1.10. The molecule has 1 aromatic carbocycles. The fourth-order valence-corrected chi connectivity index (χ4v) is 3.17. The lowest BCUT2D eigenvalue weighted by atomic mass is 10.1. The van der Waals surface area contributed by atoms with Crippen LogP contribution in [0.4, 0.5) is 0 Å². The van der Waals surface area contributed by atoms with Gasteiger partial charge in [0.2, 0.25) is 0 Å². The molecule has 0 heterocycles. The molecule has 0 saturated heterocycles. The first kappa shape index (κ1) is 16.1. The molecule has 0 nitrogen and oxygen atoms in total. The Hall–Kier alpha value is -0.950. The van der Waals surface area contributed by atoms with Crippen molar-refractivity contribution in [1.82, 2.24) is 0 Å². The van der Waals surface area contributed by atoms with Crippen molar-refractivity contribution in [2.75, 3.05) is 5.75 Å². The molecule has 104 valence electrons. The van der Waals surface area contributed by atoms with E-state index in [1.165, 1.54) is 40.2 Å². The van der Waals surface area contributed by atoms with Gasteiger partial charge in [-0.3, -0.25) is 0 Å². The molecule has 0 fully saturated rings. The highest BCUT2D eigenvalue weighted by Crippen LogP contribution is 2.32. The minimum atomic E-state index is 1.10. The van der Waals surface area contributed by atoms with E-state index >= 15 is 0 Å². The second-order valence-electron chi connectivity index (χ2n) is 4.31. The lowest BCUT2D eigenvalue weighted by Gasteiger charge is -2.06. The highest BCUT2D eigenvalue weighted by Gasteiger charge is 2.11. The molecule has 1 aliphatic carbocycles. The van der Waals surface area contributed by atoms with E-state index in [1.807, 2.05) is 25.6 Å². The van der Waals surface area contributed by atoms with Gasteiger partial charge in [0.25, 0.3) is 0 Å². The SMILES string of the molecule is CC.CCC/C(=C\C1=CCc2ccccc21)SCC. The van der Waals surface area contributed by atoms with E-state index in [1.54, 1.807) is 0 Å². The van der Waals surface area contributed by atoms with E-state index in [2.05, 4.69) is 50.3 Å². The largest absolute Gasteiger partial charge is 0.131 e. The van der Waals surface area contributed by atoms with Gasteiger partial charge in [0.1, 0.15) is 0 Å². The number of allylic oxidation sites excluding steroid dienone is 4. The number of hydrogen-bond donors (Lipinski definition) is 0. The van der Waals surface area contributed by atoms with Crippen LogP contribution in [0.25, 0.3) is 5.57 Å². The van der Waals surface area contributed by atoms with Gasteiger partial charge in [0.05, 0.1) is 0 Å². The van der Waals surface area contributed by atoms with E-state index in [0.29, 0.717) is 0 Å². The Labute approximate surface area is 123 Å². The van der Waals surface area contributed by atoms with Crippen LogP contribution in [0.1, 0.15) is 51.7 Å². The fourth-order valence-electron chi connectivity index (χ4n) is 2.24. The smallest absolute Gasteiger partial charge is 0.00517 e. The third-order valence-corrected chi connectivity index (χ3v) is 3.99. The summed E-state index contributed by atoms with van der Waals surface area (Å²) >= 11 is 1.98. The van der Waals surface area contributed by atoms with Crippen LogP contribution in [0.5, 0.6) is 0 Å². The Morgan fingerprint density at radius 3 is 2.63 bits per heavy atom. The Kier molecular flexibility index (Phi) is 7.66. The van der Waals surface area contributed by atoms with Gasteiger partial charge in [0, 0.05) is 0 Å². The van der Waals surface area contributed by atoms with Crippen molar-refractivity contribution in [2.45, 2.75) is 47.0 Å². The first-order valence-corrected chi connectivity index (χ1v) is 8.45. The molecule has 0 aromatic heterocycles. The average molecular weight is 274 g/mol. The quantitative estimate of drug-likeness (QED) is 0.626. The first-order valence-electron chi connectivity index (χ1n) is 7.47. The summed E-state index contributed by atoms with van der Waals surface area (Å²) in [5.41, 5.74) is 4.32. The standard InChI is InChI=1S/C16H20S.C2H6/c1-3-7-15(17-4-2)12-14-11-10-13-8-5-6-9-16(13)14;1-2/h5-6,8-9,11-12H,3-4,7,10H2,1-2H3;1-2H3/b15-12+;. The molecule has 0 amide bonds. The van der Waals surface area contributed by atoms with Gasteiger partial charge in [-0.05, 0) is 46.3 Å². The van der Waals surface area contributed by atoms with E-state index in [0.717, 1.165) is 6.42 Å². The highest BCUT2D eigenvalue weighted by atomic mass is 32.2. The van der Waals surface area contributed by atoms with Crippen LogP contribution in [0.15, 0.2) is 41.3 Å². The molecule has 0 bridgehead atoms. The van der Waals surface area contributed by atoms with E-state index in [4.69, 9.17) is 0 Å². The minimum Gasteiger partial charge on any atom is -0.131 e. The van der Waals surface area contributed by atoms with Crippen LogP contribution in [-0.4, -0.2) is 5.75 Å². The van der Waals surface area contributed by atoms with E-state index in [-0.39, 0.29) is 0 Å². The first-order chi connectivity index (χ1) is 9.35. The summed E-state index contributed by atoms with van der Waals surface area (Å²) in [6, 6.07) is 8.75. The number of rotatable bonds is 5. The third kappa shape index (κ3) is 4.58. The van der Waals surface area contributed by atoms with Crippen LogP contribution in [0.2, 0.25) is 0 Å². The molecule has 19 heavy (non-hydrogen) atoms. The van der Waals surface area contributed by atoms with E-state index < -0.39 is 0 Å². The molecule has 1 aromatic rings. The second-order valence-corrected chi connectivity index (χ2v) is 5.70. The number of thioether (sulfide) groups is 1. The lowest BCUT2D eigenvalue weighted by Crippen LogP contribution is -1.84. The third-order valence-electron chi connectivity index (χ3n) is 3.01. The maximum Gasteiger partial charge on any atom is -0.00517 e. The summed E-state index contributed by atoms with van der Waals surface area (Å²) in [4.78, 5) is 1.53. The molecule has 0 unspecified atom stereocenters. The Bertz CT molecular complexity index is 433. The Morgan fingerprint density at radius 2 is 1.95 bits per heavy atom. The van der Waals surface area contributed by atoms with Crippen molar-refractivity contribution in [3.63, 3.8) is 0 Å². The molecule has 0 saturated carbocycles. The molecule has 0 radical (unpaired) electrons. The zero-order valence-electron chi connectivity index (χ0n) is 12.7. The van der Waals surface area contributed by atoms with Crippen LogP contribution >= 0.6 is 11.8 Å². The van der Waals surface area contributed by atoms with Crippen molar-refractivity contribution in [1.29, 1.82) is 0 Å². The molecule has 0 N–H and O–H groups in total. The van der Waals surface area contributed by atoms with Crippen molar-refractivity contribution >= 4 is 17.3 Å². The topological polar surface area (TPSA) is 0 Å². The number of fused-ring (bicyclic) bond motifs is 1. The Balaban J connectivity index is 0.000000861. The number of benzene rings is 1. The second kappa shape index (κ2) is 9.03. The molecular formula is C18H26S. The van der Waals surface area contributed by atoms with Crippen LogP contribution in [-0.2, 0) is 6.42 Å². The summed E-state index contributed by atoms with van der Waals surface area (Å²) in [6.45, 7) is 8.48. The van der Waals surface area contributed by atoms with Crippen molar-refractivity contribution in [3.8, 4) is 0 Å². The zero-order valence-corrected chi connectivity index (χ0v) is 13.5.